The molecule has 4 rings (SSSR count). The number of nitrogens with one attached hydrogen (secondary N) is 2. The van der Waals surface area contributed by atoms with Crippen molar-refractivity contribution in [3.63, 3.8) is 0 Å². The van der Waals surface area contributed by atoms with Gasteiger partial charge in [-0.15, -0.1) is 0 Å². The van der Waals surface area contributed by atoms with Crippen LogP contribution < -0.4 is 10.6 Å². The molecule has 0 fully saturated rings. The van der Waals surface area contributed by atoms with Gasteiger partial charge in [0.25, 0.3) is 0 Å². The number of carboxylic acid groups (broad SMARTS) is 1. The zero-order valence-electron chi connectivity index (χ0n) is 19.5. The first-order chi connectivity index (χ1) is 17.0. The van der Waals surface area contributed by atoms with Crippen LogP contribution in [0.25, 0.3) is 11.1 Å². The molecule has 3 N–H and O–H groups in total. The second kappa shape index (κ2) is 10.9. The van der Waals surface area contributed by atoms with Crippen LogP contribution >= 0.6 is 0 Å². The Morgan fingerprint density at radius 1 is 0.914 bits per heavy atom. The minimum Gasteiger partial charge on any atom is -0.481 e. The molecule has 1 aliphatic rings. The number of fused-ring (bicyclic) bond motifs is 3. The average molecular weight is 473 g/mol. The molecule has 0 heterocycles. The lowest BCUT2D eigenvalue weighted by atomic mass is 9.98. The third-order valence-electron chi connectivity index (χ3n) is 6.23. The second-order valence-corrected chi connectivity index (χ2v) is 8.49. The Labute approximate surface area is 204 Å². The van der Waals surface area contributed by atoms with Gasteiger partial charge in [0, 0.05) is 18.0 Å². The lowest BCUT2D eigenvalue weighted by Crippen LogP contribution is -2.44. The number of amides is 2. The van der Waals surface area contributed by atoms with E-state index in [-0.39, 0.29) is 25.4 Å². The van der Waals surface area contributed by atoms with Crippen LogP contribution in [0, 0.1) is 0 Å². The zero-order chi connectivity index (χ0) is 24.8. The van der Waals surface area contributed by atoms with Crippen molar-refractivity contribution in [3.8, 4) is 11.1 Å². The largest absolute Gasteiger partial charge is 0.481 e. The Bertz CT molecular complexity index is 1180. The molecule has 180 valence electrons. The van der Waals surface area contributed by atoms with Gasteiger partial charge in [-0.3, -0.25) is 9.59 Å². The van der Waals surface area contributed by atoms with Gasteiger partial charge in [-0.25, -0.2) is 4.79 Å². The summed E-state index contributed by atoms with van der Waals surface area (Å²) in [4.78, 5) is 36.6. The van der Waals surface area contributed by atoms with Crippen molar-refractivity contribution in [1.29, 1.82) is 0 Å². The first kappa shape index (κ1) is 24.0. The number of anilines is 1. The molecule has 0 spiro atoms. The molecule has 1 aliphatic carbocycles. The number of aryl methyl sites for hydroxylation is 1. The zero-order valence-corrected chi connectivity index (χ0v) is 19.5. The molecule has 3 aromatic rings. The highest BCUT2D eigenvalue weighted by Gasteiger charge is 2.30. The molecule has 0 radical (unpaired) electrons. The quantitative estimate of drug-likeness (QED) is 0.408. The molecule has 1 unspecified atom stereocenters. The van der Waals surface area contributed by atoms with E-state index in [0.717, 1.165) is 34.2 Å². The molecule has 0 aromatic heterocycles. The molecular formula is C28H28N2O5. The van der Waals surface area contributed by atoms with E-state index in [1.807, 2.05) is 67.6 Å². The van der Waals surface area contributed by atoms with Crippen molar-refractivity contribution >= 4 is 23.7 Å². The molecule has 7 heteroatoms. The fourth-order valence-corrected chi connectivity index (χ4v) is 4.37. The van der Waals surface area contributed by atoms with Crippen molar-refractivity contribution in [3.05, 3.63) is 89.5 Å². The van der Waals surface area contributed by atoms with Crippen LogP contribution in [0.5, 0.6) is 0 Å². The fraction of sp³-hybridized carbons (Fsp3) is 0.250. The number of carbonyl (C=O) groups excluding carboxylic acids is 2. The van der Waals surface area contributed by atoms with Gasteiger partial charge < -0.3 is 20.5 Å². The second-order valence-electron chi connectivity index (χ2n) is 8.49. The fourth-order valence-electron chi connectivity index (χ4n) is 4.37. The first-order valence-corrected chi connectivity index (χ1v) is 11.7. The summed E-state index contributed by atoms with van der Waals surface area (Å²) in [6.45, 7) is 2.14. The van der Waals surface area contributed by atoms with Gasteiger partial charge in [0.1, 0.15) is 12.6 Å². The Hall–Kier alpha value is -4.13. The number of carboxylic acids is 1. The van der Waals surface area contributed by atoms with Crippen molar-refractivity contribution in [1.82, 2.24) is 5.32 Å². The van der Waals surface area contributed by atoms with E-state index in [9.17, 15) is 14.4 Å². The number of ether oxygens (including phenoxy) is 1. The maximum absolute atomic E-state index is 12.8. The average Bonchev–Trinajstić information content (AvgIpc) is 3.19. The van der Waals surface area contributed by atoms with Crippen LogP contribution in [-0.2, 0) is 20.7 Å². The summed E-state index contributed by atoms with van der Waals surface area (Å²) in [6.07, 6.45) is -0.216. The lowest BCUT2D eigenvalue weighted by Gasteiger charge is -2.19. The van der Waals surface area contributed by atoms with Crippen molar-refractivity contribution in [2.75, 3.05) is 11.9 Å². The van der Waals surface area contributed by atoms with Crippen LogP contribution in [0.3, 0.4) is 0 Å². The SMILES string of the molecule is CCc1ccc(NC(=O)C(CCC(=O)O)NC(=O)OCC2c3ccccc3-c3ccccc32)cc1. The van der Waals surface area contributed by atoms with Crippen molar-refractivity contribution < 1.29 is 24.2 Å². The minimum absolute atomic E-state index is 0.0571. The van der Waals surface area contributed by atoms with Crippen LogP contribution in [0.1, 0.15) is 42.4 Å². The molecule has 0 saturated carbocycles. The van der Waals surface area contributed by atoms with Crippen LogP contribution in [-0.4, -0.2) is 35.7 Å². The highest BCUT2D eigenvalue weighted by molar-refractivity contribution is 5.96. The standard InChI is InChI=1S/C28H28N2O5/c1-2-18-11-13-19(14-12-18)29-27(33)25(15-16-26(31)32)30-28(34)35-17-24-22-9-5-3-7-20(22)21-8-4-6-10-23(21)24/h3-14,24-25H,2,15-17H2,1H3,(H,29,33)(H,30,34)(H,31,32). The number of rotatable bonds is 9. The predicted octanol–water partition coefficient (Wildman–Crippen LogP) is 4.96. The Balaban J connectivity index is 1.41. The van der Waals surface area contributed by atoms with Gasteiger partial charge in [0.15, 0.2) is 0 Å². The number of hydrogen-bond acceptors (Lipinski definition) is 4. The van der Waals surface area contributed by atoms with Crippen molar-refractivity contribution in [2.24, 2.45) is 0 Å². The minimum atomic E-state index is -1.05. The summed E-state index contributed by atoms with van der Waals surface area (Å²) in [5.41, 5.74) is 6.09. The van der Waals surface area contributed by atoms with E-state index in [1.54, 1.807) is 12.1 Å². The number of hydrogen-bond donors (Lipinski definition) is 3. The van der Waals surface area contributed by atoms with Gasteiger partial charge in [0.05, 0.1) is 0 Å². The summed E-state index contributed by atoms with van der Waals surface area (Å²) < 4.78 is 5.53. The lowest BCUT2D eigenvalue weighted by molar-refractivity contribution is -0.137. The van der Waals surface area contributed by atoms with Crippen LogP contribution in [0.15, 0.2) is 72.8 Å². The maximum atomic E-state index is 12.8. The smallest absolute Gasteiger partial charge is 0.407 e. The van der Waals surface area contributed by atoms with E-state index in [4.69, 9.17) is 9.84 Å². The third-order valence-corrected chi connectivity index (χ3v) is 6.23. The molecule has 3 aromatic carbocycles. The number of alkyl carbamates (subject to hydrolysis) is 1. The molecule has 7 nitrogen and oxygen atoms in total. The van der Waals surface area contributed by atoms with Crippen LogP contribution in [0.4, 0.5) is 10.5 Å². The van der Waals surface area contributed by atoms with Crippen LogP contribution in [0.2, 0.25) is 0 Å². The summed E-state index contributed by atoms with van der Waals surface area (Å²) in [5.74, 6) is -1.66. The number of carbonyl (C=O) groups is 3. The molecule has 2 amide bonds. The van der Waals surface area contributed by atoms with E-state index < -0.39 is 24.0 Å². The van der Waals surface area contributed by atoms with E-state index >= 15 is 0 Å². The summed E-state index contributed by atoms with van der Waals surface area (Å²) in [7, 11) is 0. The first-order valence-electron chi connectivity index (χ1n) is 11.7. The summed E-state index contributed by atoms with van der Waals surface area (Å²) >= 11 is 0. The molecular weight excluding hydrogens is 444 g/mol. The monoisotopic (exact) mass is 472 g/mol. The van der Waals surface area contributed by atoms with E-state index in [1.165, 1.54) is 0 Å². The van der Waals surface area contributed by atoms with Gasteiger partial charge in [-0.05, 0) is 52.8 Å². The van der Waals surface area contributed by atoms with Crippen molar-refractivity contribution in [2.45, 2.75) is 38.1 Å². The topological polar surface area (TPSA) is 105 Å². The van der Waals surface area contributed by atoms with Gasteiger partial charge >= 0.3 is 12.1 Å². The number of aliphatic carboxylic acids is 1. The molecule has 35 heavy (non-hydrogen) atoms. The molecule has 0 bridgehead atoms. The predicted molar refractivity (Wildman–Crippen MR) is 133 cm³/mol. The molecule has 0 saturated heterocycles. The Morgan fingerprint density at radius 2 is 1.51 bits per heavy atom. The summed E-state index contributed by atoms with van der Waals surface area (Å²) in [5, 5.41) is 14.4. The Kier molecular flexibility index (Phi) is 7.45. The number of benzene rings is 3. The molecule has 0 aliphatic heterocycles. The molecule has 1 atom stereocenters. The van der Waals surface area contributed by atoms with E-state index in [0.29, 0.717) is 5.69 Å². The van der Waals surface area contributed by atoms with Gasteiger partial charge in [-0.1, -0.05) is 67.6 Å². The normalized spacial score (nSPS) is 12.8. The van der Waals surface area contributed by atoms with Gasteiger partial charge in [0.2, 0.25) is 5.91 Å². The Morgan fingerprint density at radius 3 is 2.09 bits per heavy atom. The van der Waals surface area contributed by atoms with Gasteiger partial charge in [-0.2, -0.15) is 0 Å². The summed E-state index contributed by atoms with van der Waals surface area (Å²) in [6, 6.07) is 22.3. The van der Waals surface area contributed by atoms with E-state index in [2.05, 4.69) is 10.6 Å². The maximum Gasteiger partial charge on any atom is 0.407 e. The third kappa shape index (κ3) is 5.69. The highest BCUT2D eigenvalue weighted by atomic mass is 16.5. The highest BCUT2D eigenvalue weighted by Crippen LogP contribution is 2.44.